The molecule has 0 aliphatic rings. The topological polar surface area (TPSA) is 0 Å². The first kappa shape index (κ1) is 10.7. The second-order valence-corrected chi connectivity index (χ2v) is 3.67. The van der Waals surface area contributed by atoms with Crippen LogP contribution in [0.3, 0.4) is 0 Å². The fourth-order valence-corrected chi connectivity index (χ4v) is 1.61. The summed E-state index contributed by atoms with van der Waals surface area (Å²) in [7, 11) is 0. The van der Waals surface area contributed by atoms with Crippen molar-refractivity contribution in [3.8, 4) is 0 Å². The van der Waals surface area contributed by atoms with Crippen LogP contribution in [0.5, 0.6) is 0 Å². The molecule has 0 spiro atoms. The predicted molar refractivity (Wildman–Crippen MR) is 52.7 cm³/mol. The summed E-state index contributed by atoms with van der Waals surface area (Å²) in [4.78, 5) is 0. The van der Waals surface area contributed by atoms with Crippen molar-refractivity contribution in [2.75, 3.05) is 0 Å². The van der Waals surface area contributed by atoms with Gasteiger partial charge in [-0.2, -0.15) is 0 Å². The lowest BCUT2D eigenvalue weighted by Crippen LogP contribution is -2.09. The molecule has 0 N–H and O–H groups in total. The fraction of sp³-hybridized carbons (Fsp3) is 0.818. The third kappa shape index (κ3) is 3.60. The average Bonchev–Trinajstić information content (AvgIpc) is 1.98. The molecule has 0 aliphatic heterocycles. The van der Waals surface area contributed by atoms with Crippen molar-refractivity contribution < 1.29 is 0 Å². The Labute approximate surface area is 71.7 Å². The largest absolute Gasteiger partial charge is 0.0884 e. The third-order valence-electron chi connectivity index (χ3n) is 2.44. The van der Waals surface area contributed by atoms with Crippen molar-refractivity contribution in [2.45, 2.75) is 47.5 Å². The third-order valence-corrected chi connectivity index (χ3v) is 2.44. The van der Waals surface area contributed by atoms with Gasteiger partial charge in [0.2, 0.25) is 0 Å². The van der Waals surface area contributed by atoms with E-state index in [0.29, 0.717) is 0 Å². The highest BCUT2D eigenvalue weighted by molar-refractivity contribution is 5.02. The summed E-state index contributed by atoms with van der Waals surface area (Å²) in [6.07, 6.45) is 4.89. The number of rotatable bonds is 4. The van der Waals surface area contributed by atoms with E-state index in [1.54, 1.807) is 5.57 Å². The highest BCUT2D eigenvalue weighted by Crippen LogP contribution is 2.24. The molecule has 66 valence electrons. The highest BCUT2D eigenvalue weighted by atomic mass is 14.2. The molecule has 0 aliphatic carbocycles. The molecule has 0 bridgehead atoms. The number of hydrogen-bond donors (Lipinski definition) is 0. The van der Waals surface area contributed by atoms with Crippen LogP contribution in [0, 0.1) is 11.8 Å². The molecule has 0 amide bonds. The van der Waals surface area contributed by atoms with E-state index in [1.807, 2.05) is 0 Å². The number of allylic oxidation sites excluding steroid dienone is 2. The van der Waals surface area contributed by atoms with E-state index in [4.69, 9.17) is 0 Å². The van der Waals surface area contributed by atoms with Crippen LogP contribution in [0.1, 0.15) is 47.5 Å². The minimum Gasteiger partial charge on any atom is -0.0884 e. The van der Waals surface area contributed by atoms with Gasteiger partial charge in [0.15, 0.2) is 0 Å². The molecule has 0 aromatic heterocycles. The maximum Gasteiger partial charge on any atom is -0.0183 e. The second kappa shape index (κ2) is 5.40. The molecule has 0 fully saturated rings. The summed E-state index contributed by atoms with van der Waals surface area (Å²) in [5, 5.41) is 0. The first-order valence-electron chi connectivity index (χ1n) is 4.76. The molecular formula is C11H22. The summed E-state index contributed by atoms with van der Waals surface area (Å²) in [6.45, 7) is 11.3. The van der Waals surface area contributed by atoms with Crippen LogP contribution in [0.2, 0.25) is 0 Å². The Hall–Kier alpha value is -0.260. The van der Waals surface area contributed by atoms with Gasteiger partial charge in [0.25, 0.3) is 0 Å². The van der Waals surface area contributed by atoms with Crippen LogP contribution in [0.15, 0.2) is 11.6 Å². The predicted octanol–water partition coefficient (Wildman–Crippen LogP) is 4.02. The van der Waals surface area contributed by atoms with Gasteiger partial charge in [-0.25, -0.2) is 0 Å². The van der Waals surface area contributed by atoms with Crippen LogP contribution in [0.4, 0.5) is 0 Å². The zero-order valence-corrected chi connectivity index (χ0v) is 8.65. The van der Waals surface area contributed by atoms with Gasteiger partial charge in [-0.05, 0) is 32.1 Å². The molecule has 0 saturated heterocycles. The van der Waals surface area contributed by atoms with E-state index in [2.05, 4.69) is 40.7 Å². The average molecular weight is 154 g/mol. The molecule has 0 aromatic rings. The lowest BCUT2D eigenvalue weighted by molar-refractivity contribution is 0.410. The van der Waals surface area contributed by atoms with E-state index in [0.717, 1.165) is 11.8 Å². The van der Waals surface area contributed by atoms with Crippen molar-refractivity contribution in [1.82, 2.24) is 0 Å². The minimum atomic E-state index is 0.797. The number of hydrogen-bond acceptors (Lipinski definition) is 0. The van der Waals surface area contributed by atoms with Crippen molar-refractivity contribution >= 4 is 0 Å². The zero-order chi connectivity index (χ0) is 8.85. The van der Waals surface area contributed by atoms with Gasteiger partial charge in [0.1, 0.15) is 0 Å². The highest BCUT2D eigenvalue weighted by Gasteiger charge is 2.12. The lowest BCUT2D eigenvalue weighted by Gasteiger charge is -2.20. The van der Waals surface area contributed by atoms with Gasteiger partial charge in [0, 0.05) is 0 Å². The first-order chi connectivity index (χ1) is 5.13. The molecule has 0 heterocycles. The van der Waals surface area contributed by atoms with E-state index in [-0.39, 0.29) is 0 Å². The van der Waals surface area contributed by atoms with E-state index in [1.165, 1.54) is 12.8 Å². The van der Waals surface area contributed by atoms with Gasteiger partial charge < -0.3 is 0 Å². The normalized spacial score (nSPS) is 15.6. The fourth-order valence-electron chi connectivity index (χ4n) is 1.61. The molecule has 0 heteroatoms. The lowest BCUT2D eigenvalue weighted by atomic mass is 9.85. The monoisotopic (exact) mass is 154 g/mol. The molecule has 0 nitrogen and oxygen atoms in total. The molecule has 0 aromatic carbocycles. The van der Waals surface area contributed by atoms with Gasteiger partial charge >= 0.3 is 0 Å². The van der Waals surface area contributed by atoms with Crippen LogP contribution in [-0.2, 0) is 0 Å². The minimum absolute atomic E-state index is 0.797. The van der Waals surface area contributed by atoms with Crippen LogP contribution < -0.4 is 0 Å². The van der Waals surface area contributed by atoms with Crippen molar-refractivity contribution in [3.05, 3.63) is 11.6 Å². The van der Waals surface area contributed by atoms with Gasteiger partial charge in [-0.15, -0.1) is 0 Å². The van der Waals surface area contributed by atoms with Crippen LogP contribution in [0.25, 0.3) is 0 Å². The summed E-state index contributed by atoms with van der Waals surface area (Å²) in [6, 6.07) is 0. The van der Waals surface area contributed by atoms with Crippen molar-refractivity contribution in [1.29, 1.82) is 0 Å². The Morgan fingerprint density at radius 3 is 2.18 bits per heavy atom. The standard InChI is InChI=1S/C11H22/c1-6-8-11(9(3)4)10(5)7-2/h7,9,11H,6,8H2,1-5H3/b10-7+. The van der Waals surface area contributed by atoms with Crippen molar-refractivity contribution in [3.63, 3.8) is 0 Å². The Morgan fingerprint density at radius 2 is 1.91 bits per heavy atom. The molecule has 11 heavy (non-hydrogen) atoms. The Bertz CT molecular complexity index is 120. The van der Waals surface area contributed by atoms with Gasteiger partial charge in [0.05, 0.1) is 0 Å². The van der Waals surface area contributed by atoms with E-state index < -0.39 is 0 Å². The SMILES string of the molecule is C/C=C(\C)C(CCC)C(C)C. The first-order valence-corrected chi connectivity index (χ1v) is 4.76. The van der Waals surface area contributed by atoms with Crippen LogP contribution in [-0.4, -0.2) is 0 Å². The summed E-state index contributed by atoms with van der Waals surface area (Å²) in [5.74, 6) is 1.61. The summed E-state index contributed by atoms with van der Waals surface area (Å²) < 4.78 is 0. The molecular weight excluding hydrogens is 132 g/mol. The van der Waals surface area contributed by atoms with Crippen LogP contribution >= 0.6 is 0 Å². The maximum atomic E-state index is 2.31. The molecule has 0 saturated carbocycles. The molecule has 1 unspecified atom stereocenters. The smallest absolute Gasteiger partial charge is 0.0183 e. The van der Waals surface area contributed by atoms with Gasteiger partial charge in [-0.1, -0.05) is 38.8 Å². The molecule has 1 atom stereocenters. The molecule has 0 rings (SSSR count). The zero-order valence-electron chi connectivity index (χ0n) is 8.65. The maximum absolute atomic E-state index is 2.31. The van der Waals surface area contributed by atoms with E-state index >= 15 is 0 Å². The van der Waals surface area contributed by atoms with Crippen molar-refractivity contribution in [2.24, 2.45) is 11.8 Å². The Balaban J connectivity index is 4.10. The summed E-state index contributed by atoms with van der Waals surface area (Å²) >= 11 is 0. The Kier molecular flexibility index (Phi) is 5.27. The quantitative estimate of drug-likeness (QED) is 0.536. The van der Waals surface area contributed by atoms with E-state index in [9.17, 15) is 0 Å². The van der Waals surface area contributed by atoms with Gasteiger partial charge in [-0.3, -0.25) is 0 Å². The summed E-state index contributed by atoms with van der Waals surface area (Å²) in [5.41, 5.74) is 1.56. The Morgan fingerprint density at radius 1 is 1.36 bits per heavy atom. The molecule has 0 radical (unpaired) electrons. The second-order valence-electron chi connectivity index (χ2n) is 3.67.